The Kier molecular flexibility index (Phi) is 6.40. The molecular formula is C53H36. The first-order chi connectivity index (χ1) is 26.0. The highest BCUT2D eigenvalue weighted by atomic mass is 14.4. The molecule has 0 N–H and O–H groups in total. The van der Waals surface area contributed by atoms with Crippen molar-refractivity contribution >= 4 is 53.9 Å². The molecule has 1 aliphatic carbocycles. The third kappa shape index (κ3) is 4.42. The molecule has 11 rings (SSSR count). The molecule has 0 fully saturated rings. The van der Waals surface area contributed by atoms with Crippen molar-refractivity contribution in [2.75, 3.05) is 0 Å². The fourth-order valence-electron chi connectivity index (χ4n) is 9.45. The van der Waals surface area contributed by atoms with E-state index in [9.17, 15) is 0 Å². The molecule has 0 saturated carbocycles. The van der Waals surface area contributed by atoms with E-state index in [4.69, 9.17) is 0 Å². The van der Waals surface area contributed by atoms with Gasteiger partial charge in [0.2, 0.25) is 0 Å². The summed E-state index contributed by atoms with van der Waals surface area (Å²) in [6.45, 7) is 4.76. The Hall–Kier alpha value is -6.50. The van der Waals surface area contributed by atoms with E-state index in [0.717, 1.165) is 0 Å². The van der Waals surface area contributed by atoms with E-state index in [1.54, 1.807) is 0 Å². The van der Waals surface area contributed by atoms with Gasteiger partial charge in [-0.2, -0.15) is 0 Å². The SMILES string of the molecule is CC1(C)c2ccccc2-c2ccc(-c3c4ccccc4c(-c4cc5ccccc5c5ccccc45)c4ccc(-c5ccc6ccccc6c5)cc34)cc21. The molecule has 0 nitrogen and oxygen atoms in total. The summed E-state index contributed by atoms with van der Waals surface area (Å²) in [5.74, 6) is 0. The molecule has 0 heterocycles. The van der Waals surface area contributed by atoms with Crippen molar-refractivity contribution < 1.29 is 0 Å². The van der Waals surface area contributed by atoms with Crippen LogP contribution in [0.1, 0.15) is 25.0 Å². The first-order valence-corrected chi connectivity index (χ1v) is 18.7. The van der Waals surface area contributed by atoms with E-state index in [1.807, 2.05) is 0 Å². The predicted molar refractivity (Wildman–Crippen MR) is 228 cm³/mol. The van der Waals surface area contributed by atoms with Crippen LogP contribution in [0.25, 0.3) is 98.4 Å². The van der Waals surface area contributed by atoms with Gasteiger partial charge < -0.3 is 0 Å². The number of fused-ring (bicyclic) bond motifs is 9. The maximum atomic E-state index is 2.49. The van der Waals surface area contributed by atoms with Gasteiger partial charge in [-0.05, 0) is 134 Å². The van der Waals surface area contributed by atoms with Crippen molar-refractivity contribution in [1.29, 1.82) is 0 Å². The van der Waals surface area contributed by atoms with Crippen LogP contribution < -0.4 is 0 Å². The lowest BCUT2D eigenvalue weighted by molar-refractivity contribution is 0.660. The highest BCUT2D eigenvalue weighted by Gasteiger charge is 2.35. The Morgan fingerprint density at radius 1 is 0.283 bits per heavy atom. The zero-order valence-corrected chi connectivity index (χ0v) is 29.8. The number of hydrogen-bond donors (Lipinski definition) is 0. The van der Waals surface area contributed by atoms with E-state index in [0.29, 0.717) is 0 Å². The third-order valence-electron chi connectivity index (χ3n) is 12.0. The molecule has 0 aliphatic heterocycles. The standard InChI is InChI=1S/C53H36/c1-53(2)49-22-12-11-19-42(49)43-27-26-38(32-50(43)53)51-44-20-9-10-21-45(44)52(47-31-37-15-5-6-16-39(37)40-17-7-8-18-41(40)47)46-28-25-36(30-48(46)51)35-24-23-33-13-3-4-14-34(33)29-35/h3-32H,1-2H3. The van der Waals surface area contributed by atoms with Crippen molar-refractivity contribution in [3.8, 4) is 44.5 Å². The van der Waals surface area contributed by atoms with Gasteiger partial charge in [-0.3, -0.25) is 0 Å². The van der Waals surface area contributed by atoms with Gasteiger partial charge in [-0.1, -0.05) is 172 Å². The molecule has 248 valence electrons. The molecule has 10 aromatic carbocycles. The summed E-state index contributed by atoms with van der Waals surface area (Å²) < 4.78 is 0. The first kappa shape index (κ1) is 30.2. The van der Waals surface area contributed by atoms with E-state index in [1.165, 1.54) is 109 Å². The summed E-state index contributed by atoms with van der Waals surface area (Å²) in [7, 11) is 0. The van der Waals surface area contributed by atoms with Crippen molar-refractivity contribution in [3.63, 3.8) is 0 Å². The second-order valence-electron chi connectivity index (χ2n) is 15.2. The molecule has 0 radical (unpaired) electrons. The van der Waals surface area contributed by atoms with Gasteiger partial charge in [-0.15, -0.1) is 0 Å². The zero-order valence-electron chi connectivity index (χ0n) is 29.8. The van der Waals surface area contributed by atoms with Crippen molar-refractivity contribution in [3.05, 3.63) is 193 Å². The lowest BCUT2D eigenvalue weighted by atomic mass is 9.80. The van der Waals surface area contributed by atoms with Crippen LogP contribution in [-0.4, -0.2) is 0 Å². The molecule has 0 unspecified atom stereocenters. The second-order valence-corrected chi connectivity index (χ2v) is 15.2. The molecule has 0 atom stereocenters. The van der Waals surface area contributed by atoms with E-state index < -0.39 is 0 Å². The highest BCUT2D eigenvalue weighted by Crippen LogP contribution is 2.52. The van der Waals surface area contributed by atoms with Gasteiger partial charge in [0.25, 0.3) is 0 Å². The van der Waals surface area contributed by atoms with Crippen LogP contribution in [0.15, 0.2) is 182 Å². The topological polar surface area (TPSA) is 0 Å². The number of benzene rings is 10. The van der Waals surface area contributed by atoms with Crippen molar-refractivity contribution in [1.82, 2.24) is 0 Å². The van der Waals surface area contributed by atoms with Gasteiger partial charge in [0.1, 0.15) is 0 Å². The minimum absolute atomic E-state index is 0.0895. The quantitative estimate of drug-likeness (QED) is 0.129. The highest BCUT2D eigenvalue weighted by molar-refractivity contribution is 6.26. The maximum absolute atomic E-state index is 2.49. The molecule has 0 spiro atoms. The van der Waals surface area contributed by atoms with E-state index in [2.05, 4.69) is 196 Å². The minimum atomic E-state index is -0.0895. The lowest BCUT2D eigenvalue weighted by Gasteiger charge is -2.23. The fourth-order valence-corrected chi connectivity index (χ4v) is 9.45. The average molecular weight is 673 g/mol. The van der Waals surface area contributed by atoms with Crippen LogP contribution in [0, 0.1) is 0 Å². The Bertz CT molecular complexity index is 3140. The zero-order chi connectivity index (χ0) is 35.3. The normalized spacial score (nSPS) is 13.2. The monoisotopic (exact) mass is 672 g/mol. The van der Waals surface area contributed by atoms with Crippen LogP contribution in [0.3, 0.4) is 0 Å². The lowest BCUT2D eigenvalue weighted by Crippen LogP contribution is -2.14. The summed E-state index contributed by atoms with van der Waals surface area (Å²) in [5, 5.41) is 12.7. The molecule has 0 amide bonds. The summed E-state index contributed by atoms with van der Waals surface area (Å²) in [4.78, 5) is 0. The van der Waals surface area contributed by atoms with Crippen LogP contribution in [0.5, 0.6) is 0 Å². The summed E-state index contributed by atoms with van der Waals surface area (Å²) in [5.41, 5.74) is 13.0. The van der Waals surface area contributed by atoms with Gasteiger partial charge in [-0.25, -0.2) is 0 Å². The van der Waals surface area contributed by atoms with Crippen molar-refractivity contribution in [2.45, 2.75) is 19.3 Å². The Morgan fingerprint density at radius 2 is 0.849 bits per heavy atom. The molecule has 10 aromatic rings. The average Bonchev–Trinajstić information content (AvgIpc) is 3.44. The van der Waals surface area contributed by atoms with Crippen LogP contribution in [-0.2, 0) is 5.41 Å². The van der Waals surface area contributed by atoms with E-state index in [-0.39, 0.29) is 5.41 Å². The van der Waals surface area contributed by atoms with Gasteiger partial charge in [0.05, 0.1) is 0 Å². The molecule has 0 bridgehead atoms. The number of rotatable bonds is 3. The largest absolute Gasteiger partial charge is 0.0619 e. The Morgan fingerprint density at radius 3 is 1.68 bits per heavy atom. The molecule has 0 heteroatoms. The Labute approximate surface area is 309 Å². The van der Waals surface area contributed by atoms with Gasteiger partial charge >= 0.3 is 0 Å². The molecule has 53 heavy (non-hydrogen) atoms. The minimum Gasteiger partial charge on any atom is -0.0619 e. The fraction of sp³-hybridized carbons (Fsp3) is 0.0566. The summed E-state index contributed by atoms with van der Waals surface area (Å²) >= 11 is 0. The summed E-state index contributed by atoms with van der Waals surface area (Å²) in [6, 6.07) is 68.1. The molecule has 0 aromatic heterocycles. The second kappa shape index (κ2) is 11.2. The Balaban J connectivity index is 1.26. The number of hydrogen-bond acceptors (Lipinski definition) is 0. The van der Waals surface area contributed by atoms with Gasteiger partial charge in [0.15, 0.2) is 0 Å². The molecule has 1 aliphatic rings. The third-order valence-corrected chi connectivity index (χ3v) is 12.0. The molecule has 0 saturated heterocycles. The predicted octanol–water partition coefficient (Wildman–Crippen LogP) is 14.8. The van der Waals surface area contributed by atoms with Crippen LogP contribution in [0.4, 0.5) is 0 Å². The maximum Gasteiger partial charge on any atom is 0.0159 e. The first-order valence-electron chi connectivity index (χ1n) is 18.7. The molecular weight excluding hydrogens is 637 g/mol. The smallest absolute Gasteiger partial charge is 0.0159 e. The van der Waals surface area contributed by atoms with Crippen molar-refractivity contribution in [2.24, 2.45) is 0 Å². The van der Waals surface area contributed by atoms with E-state index >= 15 is 0 Å². The van der Waals surface area contributed by atoms with Crippen LogP contribution in [0.2, 0.25) is 0 Å². The van der Waals surface area contributed by atoms with Gasteiger partial charge in [0, 0.05) is 5.41 Å². The summed E-state index contributed by atoms with van der Waals surface area (Å²) in [6.07, 6.45) is 0. The van der Waals surface area contributed by atoms with Crippen LogP contribution >= 0.6 is 0 Å².